The molecule has 0 aromatic rings. The number of carbonyl (C=O) groups excluding carboxylic acids is 1. The number of nitrogens with one attached hydrogen (secondary N) is 1. The van der Waals surface area contributed by atoms with Crippen molar-refractivity contribution in [3.05, 3.63) is 12.2 Å². The topological polar surface area (TPSA) is 149 Å². The molecule has 1 heterocycles. The van der Waals surface area contributed by atoms with Gasteiger partial charge in [0.1, 0.15) is 24.4 Å². The third-order valence-electron chi connectivity index (χ3n) is 14.1. The van der Waals surface area contributed by atoms with E-state index in [1.165, 1.54) is 231 Å². The minimum absolute atomic E-state index is 0.173. The van der Waals surface area contributed by atoms with Crippen molar-refractivity contribution in [1.29, 1.82) is 0 Å². The zero-order valence-corrected chi connectivity index (χ0v) is 43.5. The number of hydrogen-bond acceptors (Lipinski definition) is 8. The summed E-state index contributed by atoms with van der Waals surface area (Å²) in [5, 5.41) is 54.2. The second-order valence-corrected chi connectivity index (χ2v) is 20.5. The Kier molecular flexibility index (Phi) is 45.4. The third-order valence-corrected chi connectivity index (χ3v) is 14.1. The van der Waals surface area contributed by atoms with Crippen LogP contribution in [0.4, 0.5) is 0 Å². The summed E-state index contributed by atoms with van der Waals surface area (Å²) in [6, 6.07) is -0.798. The van der Waals surface area contributed by atoms with Crippen molar-refractivity contribution in [2.45, 2.75) is 333 Å². The number of unbranched alkanes of at least 4 members (excludes halogenated alkanes) is 40. The zero-order valence-electron chi connectivity index (χ0n) is 43.5. The molecule has 0 spiro atoms. The van der Waals surface area contributed by atoms with Crippen LogP contribution in [0.3, 0.4) is 0 Å². The van der Waals surface area contributed by atoms with Crippen LogP contribution in [0.2, 0.25) is 0 Å². The molecule has 2 unspecified atom stereocenters. The molecule has 0 aliphatic carbocycles. The molecule has 1 aliphatic heterocycles. The smallest absolute Gasteiger partial charge is 0.220 e. The van der Waals surface area contributed by atoms with Gasteiger partial charge in [-0.1, -0.05) is 276 Å². The Morgan fingerprint density at radius 2 is 0.833 bits per heavy atom. The Balaban J connectivity index is 2.05. The van der Waals surface area contributed by atoms with E-state index in [4.69, 9.17) is 9.47 Å². The quantitative estimate of drug-likeness (QED) is 0.0261. The van der Waals surface area contributed by atoms with E-state index >= 15 is 0 Å². The van der Waals surface area contributed by atoms with Crippen molar-refractivity contribution in [3.8, 4) is 0 Å². The van der Waals surface area contributed by atoms with Gasteiger partial charge in [0.2, 0.25) is 5.91 Å². The Bertz CT molecular complexity index is 1040. The van der Waals surface area contributed by atoms with E-state index in [0.717, 1.165) is 38.5 Å². The first-order valence-electron chi connectivity index (χ1n) is 28.9. The summed E-state index contributed by atoms with van der Waals surface area (Å²) in [7, 11) is 0. The van der Waals surface area contributed by atoms with Crippen molar-refractivity contribution in [2.75, 3.05) is 13.2 Å². The second-order valence-electron chi connectivity index (χ2n) is 20.5. The molecule has 66 heavy (non-hydrogen) atoms. The summed E-state index contributed by atoms with van der Waals surface area (Å²) in [6.45, 7) is 3.78. The van der Waals surface area contributed by atoms with Crippen molar-refractivity contribution >= 4 is 5.91 Å². The van der Waals surface area contributed by atoms with Gasteiger partial charge in [0.15, 0.2) is 6.29 Å². The van der Waals surface area contributed by atoms with Crippen LogP contribution in [0.1, 0.15) is 290 Å². The van der Waals surface area contributed by atoms with Gasteiger partial charge in [-0.15, -0.1) is 0 Å². The summed E-state index contributed by atoms with van der Waals surface area (Å²) < 4.78 is 11.2. The molecule has 1 saturated heterocycles. The van der Waals surface area contributed by atoms with Gasteiger partial charge in [0.05, 0.1) is 25.4 Å². The molecule has 1 rings (SSSR count). The van der Waals surface area contributed by atoms with E-state index < -0.39 is 49.5 Å². The molecule has 0 aromatic carbocycles. The predicted octanol–water partition coefficient (Wildman–Crippen LogP) is 14.0. The van der Waals surface area contributed by atoms with Crippen LogP contribution in [0, 0.1) is 0 Å². The van der Waals surface area contributed by atoms with Gasteiger partial charge >= 0.3 is 0 Å². The molecule has 0 saturated carbocycles. The van der Waals surface area contributed by atoms with Crippen LogP contribution in [0.25, 0.3) is 0 Å². The molecule has 0 bridgehead atoms. The van der Waals surface area contributed by atoms with Crippen LogP contribution in [-0.2, 0) is 14.3 Å². The van der Waals surface area contributed by atoms with E-state index in [2.05, 4.69) is 19.2 Å². The van der Waals surface area contributed by atoms with E-state index in [1.54, 1.807) is 6.08 Å². The molecule has 7 atom stereocenters. The highest BCUT2D eigenvalue weighted by Crippen LogP contribution is 2.23. The Hall–Kier alpha value is -1.07. The molecule has 1 amide bonds. The number of allylic oxidation sites excluding steroid dienone is 1. The minimum Gasteiger partial charge on any atom is -0.394 e. The number of carbonyl (C=O) groups is 1. The first-order chi connectivity index (χ1) is 32.3. The summed E-state index contributed by atoms with van der Waals surface area (Å²) in [4.78, 5) is 13.0. The fourth-order valence-corrected chi connectivity index (χ4v) is 9.51. The average molecular weight is 939 g/mol. The number of aliphatic hydroxyl groups excluding tert-OH is 5. The molecule has 392 valence electrons. The monoisotopic (exact) mass is 938 g/mol. The fourth-order valence-electron chi connectivity index (χ4n) is 9.51. The minimum atomic E-state index is -1.56. The summed E-state index contributed by atoms with van der Waals surface area (Å²) in [5.41, 5.74) is 0. The lowest BCUT2D eigenvalue weighted by Crippen LogP contribution is -2.60. The largest absolute Gasteiger partial charge is 0.394 e. The molecule has 1 aliphatic rings. The molecule has 0 radical (unpaired) electrons. The fraction of sp³-hybridized carbons (Fsp3) is 0.947. The molecule has 0 aromatic heterocycles. The van der Waals surface area contributed by atoms with Crippen molar-refractivity contribution in [1.82, 2.24) is 5.32 Å². The first kappa shape index (κ1) is 62.9. The highest BCUT2D eigenvalue weighted by atomic mass is 16.7. The lowest BCUT2D eigenvalue weighted by atomic mass is 9.99. The molecule has 9 heteroatoms. The number of hydrogen-bond donors (Lipinski definition) is 6. The van der Waals surface area contributed by atoms with Crippen LogP contribution in [-0.4, -0.2) is 87.5 Å². The number of amides is 1. The van der Waals surface area contributed by atoms with Crippen molar-refractivity contribution in [2.24, 2.45) is 0 Å². The van der Waals surface area contributed by atoms with Crippen molar-refractivity contribution in [3.63, 3.8) is 0 Å². The van der Waals surface area contributed by atoms with Gasteiger partial charge in [0, 0.05) is 6.42 Å². The normalized spacial score (nSPS) is 19.8. The Morgan fingerprint density at radius 3 is 1.18 bits per heavy atom. The average Bonchev–Trinajstić information content (AvgIpc) is 3.32. The zero-order chi connectivity index (χ0) is 48.0. The van der Waals surface area contributed by atoms with Crippen LogP contribution < -0.4 is 5.32 Å². The van der Waals surface area contributed by atoms with Gasteiger partial charge in [-0.25, -0.2) is 0 Å². The second kappa shape index (κ2) is 47.6. The van der Waals surface area contributed by atoms with Crippen LogP contribution in [0.5, 0.6) is 0 Å². The van der Waals surface area contributed by atoms with E-state index in [1.807, 2.05) is 6.08 Å². The van der Waals surface area contributed by atoms with Gasteiger partial charge in [0.25, 0.3) is 0 Å². The lowest BCUT2D eigenvalue weighted by Gasteiger charge is -2.40. The van der Waals surface area contributed by atoms with Crippen LogP contribution in [0.15, 0.2) is 12.2 Å². The SMILES string of the molecule is CCCCCCCCCC/C=C/[C@@H](O)[C@H](CO[C@@H]1O[C@H](CO)[C@@H](O)C(O)C1O)NC(=O)CCCCCCCCCCCCCCCCCCCCCCCCCCCCCCCCCCC. The molecular weight excluding hydrogens is 827 g/mol. The van der Waals surface area contributed by atoms with E-state index in [9.17, 15) is 30.3 Å². The highest BCUT2D eigenvalue weighted by molar-refractivity contribution is 5.76. The molecule has 9 nitrogen and oxygen atoms in total. The van der Waals surface area contributed by atoms with Gasteiger partial charge < -0.3 is 40.3 Å². The number of aliphatic hydroxyl groups is 5. The van der Waals surface area contributed by atoms with E-state index in [-0.39, 0.29) is 12.5 Å². The molecular formula is C57H111NO8. The molecule has 1 fully saturated rings. The lowest BCUT2D eigenvalue weighted by molar-refractivity contribution is -0.302. The number of rotatable bonds is 50. The Labute approximate surface area is 407 Å². The van der Waals surface area contributed by atoms with Crippen molar-refractivity contribution < 1.29 is 39.8 Å². The van der Waals surface area contributed by atoms with Gasteiger partial charge in [-0.05, 0) is 19.3 Å². The van der Waals surface area contributed by atoms with Crippen LogP contribution >= 0.6 is 0 Å². The summed E-state index contributed by atoms with van der Waals surface area (Å²) in [6.07, 6.45) is 51.7. The standard InChI is InChI=1S/C57H111NO8/c1-3-5-7-9-11-13-15-16-17-18-19-20-21-22-23-24-25-26-27-28-29-30-31-32-33-34-35-36-37-39-41-43-45-47-53(61)58-50(49-65-57-56(64)55(63)54(62)52(48-59)66-57)51(60)46-44-42-40-38-14-12-10-8-6-4-2/h44,46,50-52,54-57,59-60,62-64H,3-43,45,47-49H2,1-2H3,(H,58,61)/b46-44+/t50-,51+,52+,54+,55?,56?,57+/m0/s1. The maximum absolute atomic E-state index is 13.0. The maximum Gasteiger partial charge on any atom is 0.220 e. The summed E-state index contributed by atoms with van der Waals surface area (Å²) in [5.74, 6) is -0.173. The Morgan fingerprint density at radius 1 is 0.500 bits per heavy atom. The van der Waals surface area contributed by atoms with Gasteiger partial charge in [-0.2, -0.15) is 0 Å². The van der Waals surface area contributed by atoms with Gasteiger partial charge in [-0.3, -0.25) is 4.79 Å². The highest BCUT2D eigenvalue weighted by Gasteiger charge is 2.44. The maximum atomic E-state index is 13.0. The molecule has 6 N–H and O–H groups in total. The number of ether oxygens (including phenoxy) is 2. The predicted molar refractivity (Wildman–Crippen MR) is 277 cm³/mol. The van der Waals surface area contributed by atoms with E-state index in [0.29, 0.717) is 6.42 Å². The first-order valence-corrected chi connectivity index (χ1v) is 28.9. The summed E-state index contributed by atoms with van der Waals surface area (Å²) >= 11 is 0. The third kappa shape index (κ3) is 36.9.